The maximum absolute atomic E-state index is 4.64. The van der Waals surface area contributed by atoms with E-state index < -0.39 is 0 Å². The van der Waals surface area contributed by atoms with Gasteiger partial charge in [-0.3, -0.25) is 4.99 Å². The van der Waals surface area contributed by atoms with Gasteiger partial charge in [-0.2, -0.15) is 0 Å². The Kier molecular flexibility index (Phi) is 6.28. The van der Waals surface area contributed by atoms with Crippen molar-refractivity contribution in [2.45, 2.75) is 39.2 Å². The fraction of sp³-hybridized carbons (Fsp3) is 0.400. The van der Waals surface area contributed by atoms with Gasteiger partial charge in [-0.15, -0.1) is 11.3 Å². The van der Waals surface area contributed by atoms with Crippen LogP contribution in [0.3, 0.4) is 0 Å². The number of rotatable bonds is 7. The number of thiazole rings is 1. The number of aromatic amines is 1. The van der Waals surface area contributed by atoms with Gasteiger partial charge in [0.05, 0.1) is 12.2 Å². The molecule has 0 radical (unpaired) electrons. The molecule has 0 saturated carbocycles. The average molecular weight is 370 g/mol. The molecule has 2 aromatic heterocycles. The van der Waals surface area contributed by atoms with Gasteiger partial charge in [0.1, 0.15) is 5.01 Å². The molecule has 5 nitrogen and oxygen atoms in total. The predicted molar refractivity (Wildman–Crippen MR) is 111 cm³/mol. The van der Waals surface area contributed by atoms with E-state index in [0.717, 1.165) is 36.0 Å². The summed E-state index contributed by atoms with van der Waals surface area (Å²) in [7, 11) is 1.80. The SMILES string of the molecule is CN=C(NCCCc1c[nH]c2ccccc12)NCc1nc(C(C)C)cs1. The standard InChI is InChI=1S/C20H27N5S/c1-14(2)18-13-26-19(25-18)12-24-20(21-3)22-10-6-7-15-11-23-17-9-5-4-8-16(15)17/h4-5,8-9,11,13-14,23H,6-7,10,12H2,1-3H3,(H2,21,22,24). The third-order valence-electron chi connectivity index (χ3n) is 4.38. The van der Waals surface area contributed by atoms with Crippen LogP contribution in [-0.2, 0) is 13.0 Å². The molecule has 3 rings (SSSR count). The average Bonchev–Trinajstić information content (AvgIpc) is 3.28. The van der Waals surface area contributed by atoms with Gasteiger partial charge in [-0.05, 0) is 30.4 Å². The summed E-state index contributed by atoms with van der Waals surface area (Å²) in [6.45, 7) is 5.93. The monoisotopic (exact) mass is 369 g/mol. The maximum Gasteiger partial charge on any atom is 0.191 e. The fourth-order valence-corrected chi connectivity index (χ4v) is 3.77. The van der Waals surface area contributed by atoms with Crippen LogP contribution in [0.15, 0.2) is 40.8 Å². The van der Waals surface area contributed by atoms with E-state index >= 15 is 0 Å². The van der Waals surface area contributed by atoms with Crippen molar-refractivity contribution >= 4 is 28.2 Å². The van der Waals surface area contributed by atoms with Gasteiger partial charge in [0.25, 0.3) is 0 Å². The molecule has 2 heterocycles. The second-order valence-electron chi connectivity index (χ2n) is 6.64. The number of hydrogen-bond donors (Lipinski definition) is 3. The van der Waals surface area contributed by atoms with E-state index in [0.29, 0.717) is 12.5 Å². The molecule has 3 aromatic rings. The van der Waals surface area contributed by atoms with Crippen molar-refractivity contribution in [1.29, 1.82) is 0 Å². The Hall–Kier alpha value is -2.34. The quantitative estimate of drug-likeness (QED) is 0.334. The summed E-state index contributed by atoms with van der Waals surface area (Å²) in [5.41, 5.74) is 3.74. The Morgan fingerprint density at radius 2 is 2.12 bits per heavy atom. The van der Waals surface area contributed by atoms with Gasteiger partial charge in [-0.25, -0.2) is 4.98 Å². The van der Waals surface area contributed by atoms with Crippen LogP contribution in [-0.4, -0.2) is 29.5 Å². The van der Waals surface area contributed by atoms with Crippen molar-refractivity contribution in [3.8, 4) is 0 Å². The molecule has 0 unspecified atom stereocenters. The van der Waals surface area contributed by atoms with E-state index in [1.165, 1.54) is 16.5 Å². The van der Waals surface area contributed by atoms with Crippen LogP contribution in [0.1, 0.15) is 42.5 Å². The molecular weight excluding hydrogens is 342 g/mol. The first-order valence-electron chi connectivity index (χ1n) is 9.11. The Morgan fingerprint density at radius 1 is 1.27 bits per heavy atom. The van der Waals surface area contributed by atoms with Crippen LogP contribution in [0, 0.1) is 0 Å². The number of hydrogen-bond acceptors (Lipinski definition) is 3. The molecule has 138 valence electrons. The Labute approximate surface area is 159 Å². The van der Waals surface area contributed by atoms with Crippen molar-refractivity contribution in [3.05, 3.63) is 52.1 Å². The molecule has 0 bridgehead atoms. The van der Waals surface area contributed by atoms with Gasteiger partial charge in [0.2, 0.25) is 0 Å². The highest BCUT2D eigenvalue weighted by atomic mass is 32.1. The number of para-hydroxylation sites is 1. The predicted octanol–water partition coefficient (Wildman–Crippen LogP) is 4.05. The lowest BCUT2D eigenvalue weighted by atomic mass is 10.1. The molecular formula is C20H27N5S. The minimum atomic E-state index is 0.474. The zero-order valence-corrected chi connectivity index (χ0v) is 16.5. The van der Waals surface area contributed by atoms with Crippen molar-refractivity contribution < 1.29 is 0 Å². The zero-order valence-electron chi connectivity index (χ0n) is 15.7. The minimum Gasteiger partial charge on any atom is -0.361 e. The van der Waals surface area contributed by atoms with Crippen molar-refractivity contribution in [3.63, 3.8) is 0 Å². The number of nitrogens with zero attached hydrogens (tertiary/aromatic N) is 2. The normalized spacial score (nSPS) is 12.1. The molecule has 26 heavy (non-hydrogen) atoms. The second kappa shape index (κ2) is 8.85. The Balaban J connectivity index is 1.42. The number of aliphatic imine (C=N–C) groups is 1. The van der Waals surface area contributed by atoms with E-state index in [9.17, 15) is 0 Å². The molecule has 0 aliphatic rings. The molecule has 0 fully saturated rings. The summed E-state index contributed by atoms with van der Waals surface area (Å²) in [5, 5.41) is 11.3. The van der Waals surface area contributed by atoms with E-state index in [1.54, 1.807) is 18.4 Å². The van der Waals surface area contributed by atoms with Crippen LogP contribution in [0.4, 0.5) is 0 Å². The van der Waals surface area contributed by atoms with E-state index in [1.807, 2.05) is 0 Å². The fourth-order valence-electron chi connectivity index (χ4n) is 2.88. The number of nitrogens with one attached hydrogen (secondary N) is 3. The third-order valence-corrected chi connectivity index (χ3v) is 5.25. The number of H-pyrrole nitrogens is 1. The highest BCUT2D eigenvalue weighted by molar-refractivity contribution is 7.09. The molecule has 0 aliphatic heterocycles. The number of fused-ring (bicyclic) bond motifs is 1. The van der Waals surface area contributed by atoms with Crippen LogP contribution in [0.25, 0.3) is 10.9 Å². The summed E-state index contributed by atoms with van der Waals surface area (Å²) in [4.78, 5) is 12.3. The number of aryl methyl sites for hydroxylation is 1. The first-order valence-corrected chi connectivity index (χ1v) is 9.99. The smallest absolute Gasteiger partial charge is 0.191 e. The van der Waals surface area contributed by atoms with Crippen molar-refractivity contribution in [2.24, 2.45) is 4.99 Å². The zero-order chi connectivity index (χ0) is 18.4. The second-order valence-corrected chi connectivity index (χ2v) is 7.58. The third kappa shape index (κ3) is 4.64. The molecule has 0 amide bonds. The highest BCUT2D eigenvalue weighted by Crippen LogP contribution is 2.19. The number of benzene rings is 1. The molecule has 0 spiro atoms. The van der Waals surface area contributed by atoms with Gasteiger partial charge in [0.15, 0.2) is 5.96 Å². The molecule has 0 saturated heterocycles. The summed E-state index contributed by atoms with van der Waals surface area (Å²) in [5.74, 6) is 1.30. The van der Waals surface area contributed by atoms with E-state index in [2.05, 4.69) is 75.3 Å². The lowest BCUT2D eigenvalue weighted by molar-refractivity contribution is 0.740. The van der Waals surface area contributed by atoms with Crippen molar-refractivity contribution in [2.75, 3.05) is 13.6 Å². The molecule has 3 N–H and O–H groups in total. The Morgan fingerprint density at radius 3 is 2.88 bits per heavy atom. The van der Waals surface area contributed by atoms with E-state index in [4.69, 9.17) is 0 Å². The van der Waals surface area contributed by atoms with Gasteiger partial charge in [0, 0.05) is 36.1 Å². The van der Waals surface area contributed by atoms with E-state index in [-0.39, 0.29) is 0 Å². The molecule has 1 aromatic carbocycles. The Bertz CT molecular complexity index is 862. The minimum absolute atomic E-state index is 0.474. The van der Waals surface area contributed by atoms with Crippen LogP contribution in [0.5, 0.6) is 0 Å². The lowest BCUT2D eigenvalue weighted by Crippen LogP contribution is -2.37. The molecule has 0 aliphatic carbocycles. The van der Waals surface area contributed by atoms with Crippen LogP contribution >= 0.6 is 11.3 Å². The van der Waals surface area contributed by atoms with Crippen molar-refractivity contribution in [1.82, 2.24) is 20.6 Å². The van der Waals surface area contributed by atoms with Gasteiger partial charge >= 0.3 is 0 Å². The van der Waals surface area contributed by atoms with Crippen LogP contribution in [0.2, 0.25) is 0 Å². The summed E-state index contributed by atoms with van der Waals surface area (Å²) in [6, 6.07) is 8.44. The largest absolute Gasteiger partial charge is 0.361 e. The maximum atomic E-state index is 4.64. The van der Waals surface area contributed by atoms with Gasteiger partial charge in [-0.1, -0.05) is 32.0 Å². The van der Waals surface area contributed by atoms with Crippen LogP contribution < -0.4 is 10.6 Å². The first kappa shape index (κ1) is 18.5. The molecule has 0 atom stereocenters. The highest BCUT2D eigenvalue weighted by Gasteiger charge is 2.07. The topological polar surface area (TPSA) is 65.1 Å². The molecule has 6 heteroatoms. The number of aromatic nitrogens is 2. The lowest BCUT2D eigenvalue weighted by Gasteiger charge is -2.10. The first-order chi connectivity index (χ1) is 12.7. The van der Waals surface area contributed by atoms with Gasteiger partial charge < -0.3 is 15.6 Å². The summed E-state index contributed by atoms with van der Waals surface area (Å²) in [6.07, 6.45) is 4.21. The summed E-state index contributed by atoms with van der Waals surface area (Å²) >= 11 is 1.70. The number of guanidine groups is 1. The summed E-state index contributed by atoms with van der Waals surface area (Å²) < 4.78 is 0.